The number of rotatable bonds is 8. The zero-order valence-electron chi connectivity index (χ0n) is 18.7. The topological polar surface area (TPSA) is 61.9 Å². The summed E-state index contributed by atoms with van der Waals surface area (Å²) < 4.78 is 5.44. The number of ether oxygens (including phenoxy) is 1. The smallest absolute Gasteiger partial charge is 0.338 e. The van der Waals surface area contributed by atoms with Crippen LogP contribution in [0.5, 0.6) is 0 Å². The fourth-order valence-corrected chi connectivity index (χ4v) is 4.01. The monoisotopic (exact) mass is 421 g/mol. The number of nitrogens with zero attached hydrogens (tertiary/aromatic N) is 2. The van der Waals surface area contributed by atoms with Crippen molar-refractivity contribution in [1.29, 1.82) is 0 Å². The number of aryl methyl sites for hydroxylation is 1. The van der Waals surface area contributed by atoms with Gasteiger partial charge >= 0.3 is 12.0 Å². The van der Waals surface area contributed by atoms with Gasteiger partial charge in [-0.15, -0.1) is 0 Å². The number of carbonyl (C=O) groups excluding carboxylic acids is 2. The van der Waals surface area contributed by atoms with Gasteiger partial charge in [-0.1, -0.05) is 54.6 Å². The molecule has 164 valence electrons. The molecule has 0 aliphatic carbocycles. The molecule has 0 aromatic heterocycles. The fourth-order valence-electron chi connectivity index (χ4n) is 4.01. The second-order valence-corrected chi connectivity index (χ2v) is 7.72. The average Bonchev–Trinajstić information content (AvgIpc) is 2.74. The molecule has 3 rings (SSSR count). The number of esters is 1. The number of urea groups is 1. The van der Waals surface area contributed by atoms with Crippen LogP contribution < -0.4 is 5.32 Å². The van der Waals surface area contributed by atoms with Gasteiger partial charge in [-0.25, -0.2) is 9.59 Å². The van der Waals surface area contributed by atoms with E-state index in [1.807, 2.05) is 63.4 Å². The molecule has 1 atom stereocenters. The minimum Gasteiger partial charge on any atom is -0.463 e. The van der Waals surface area contributed by atoms with E-state index in [1.54, 1.807) is 11.8 Å². The lowest BCUT2D eigenvalue weighted by Gasteiger charge is -2.38. The minimum atomic E-state index is -0.546. The summed E-state index contributed by atoms with van der Waals surface area (Å²) in [7, 11) is 1.99. The molecule has 31 heavy (non-hydrogen) atoms. The Morgan fingerprint density at radius 3 is 2.39 bits per heavy atom. The van der Waals surface area contributed by atoms with Crippen molar-refractivity contribution in [2.24, 2.45) is 0 Å². The van der Waals surface area contributed by atoms with E-state index in [-0.39, 0.29) is 12.6 Å². The van der Waals surface area contributed by atoms with E-state index in [0.29, 0.717) is 30.9 Å². The third kappa shape index (κ3) is 5.14. The van der Waals surface area contributed by atoms with Crippen molar-refractivity contribution in [3.63, 3.8) is 0 Å². The first-order valence-corrected chi connectivity index (χ1v) is 10.7. The lowest BCUT2D eigenvalue weighted by molar-refractivity contribution is -0.139. The Labute approximate surface area is 184 Å². The minimum absolute atomic E-state index is 0.202. The molecule has 0 bridgehead atoms. The summed E-state index contributed by atoms with van der Waals surface area (Å²) in [6.07, 6.45) is 0. The van der Waals surface area contributed by atoms with Crippen LogP contribution in [0.15, 0.2) is 65.9 Å². The summed E-state index contributed by atoms with van der Waals surface area (Å²) in [5.41, 5.74) is 4.27. The fraction of sp³-hybridized carbons (Fsp3) is 0.360. The molecule has 2 aromatic carbocycles. The maximum absolute atomic E-state index is 13.1. The molecule has 1 heterocycles. The van der Waals surface area contributed by atoms with Gasteiger partial charge in [0.25, 0.3) is 0 Å². The highest BCUT2D eigenvalue weighted by Crippen LogP contribution is 2.33. The van der Waals surface area contributed by atoms with Crippen LogP contribution >= 0.6 is 0 Å². The van der Waals surface area contributed by atoms with E-state index >= 15 is 0 Å². The largest absolute Gasteiger partial charge is 0.463 e. The van der Waals surface area contributed by atoms with Crippen molar-refractivity contribution in [3.05, 3.63) is 82.6 Å². The highest BCUT2D eigenvalue weighted by atomic mass is 16.5. The Morgan fingerprint density at radius 2 is 1.74 bits per heavy atom. The van der Waals surface area contributed by atoms with Crippen LogP contribution in [0.2, 0.25) is 0 Å². The predicted octanol–water partition coefficient (Wildman–Crippen LogP) is 4.03. The number of nitrogens with one attached hydrogen (secondary N) is 1. The highest BCUT2D eigenvalue weighted by Gasteiger charge is 2.38. The Balaban J connectivity index is 2.05. The molecule has 6 nitrogen and oxygen atoms in total. The van der Waals surface area contributed by atoms with E-state index < -0.39 is 12.0 Å². The van der Waals surface area contributed by atoms with Gasteiger partial charge in [-0.3, -0.25) is 9.80 Å². The van der Waals surface area contributed by atoms with Crippen LogP contribution in [-0.4, -0.2) is 48.5 Å². The lowest BCUT2D eigenvalue weighted by Crippen LogP contribution is -2.50. The third-order valence-electron chi connectivity index (χ3n) is 5.46. The lowest BCUT2D eigenvalue weighted by atomic mass is 9.91. The molecule has 1 N–H and O–H groups in total. The number of likely N-dealkylation sites (N-methyl/N-ethyl adjacent to an activating group) is 2. The number of hydrogen-bond acceptors (Lipinski definition) is 4. The number of carbonyl (C=O) groups is 2. The summed E-state index contributed by atoms with van der Waals surface area (Å²) in [4.78, 5) is 29.9. The van der Waals surface area contributed by atoms with E-state index in [9.17, 15) is 9.59 Å². The summed E-state index contributed by atoms with van der Waals surface area (Å²) in [5, 5.41) is 3.03. The zero-order valence-corrected chi connectivity index (χ0v) is 18.7. The molecule has 2 aromatic rings. The van der Waals surface area contributed by atoms with Crippen LogP contribution in [0.3, 0.4) is 0 Å². The molecule has 2 amide bonds. The van der Waals surface area contributed by atoms with Gasteiger partial charge in [-0.05, 0) is 44.5 Å². The van der Waals surface area contributed by atoms with Gasteiger partial charge in [0.15, 0.2) is 0 Å². The number of benzene rings is 2. The van der Waals surface area contributed by atoms with Crippen LogP contribution in [0.4, 0.5) is 4.79 Å². The summed E-state index contributed by atoms with van der Waals surface area (Å²) in [6.45, 7) is 7.58. The van der Waals surface area contributed by atoms with Gasteiger partial charge in [0.1, 0.15) is 0 Å². The first-order chi connectivity index (χ1) is 15.0. The molecule has 1 unspecified atom stereocenters. The molecule has 0 fully saturated rings. The van der Waals surface area contributed by atoms with E-state index in [1.165, 1.54) is 5.56 Å². The maximum atomic E-state index is 13.1. The number of hydrogen-bond donors (Lipinski definition) is 1. The Bertz CT molecular complexity index is 955. The molecule has 1 aliphatic rings. The Kier molecular flexibility index (Phi) is 7.47. The van der Waals surface area contributed by atoms with Crippen molar-refractivity contribution < 1.29 is 14.3 Å². The van der Waals surface area contributed by atoms with E-state index in [4.69, 9.17) is 4.74 Å². The van der Waals surface area contributed by atoms with Gasteiger partial charge in [-0.2, -0.15) is 0 Å². The van der Waals surface area contributed by atoms with E-state index in [0.717, 1.165) is 11.1 Å². The first-order valence-electron chi connectivity index (χ1n) is 10.7. The van der Waals surface area contributed by atoms with Gasteiger partial charge in [0.05, 0.1) is 18.2 Å². The SMILES string of the molecule is CCOC(=O)C1=C(CN(C)Cc2ccccc2)N(CC)C(=O)NC1c1ccccc1C. The first kappa shape index (κ1) is 22.6. The van der Waals surface area contributed by atoms with E-state index in [2.05, 4.69) is 22.3 Å². The van der Waals surface area contributed by atoms with Gasteiger partial charge in [0, 0.05) is 25.3 Å². The van der Waals surface area contributed by atoms with Gasteiger partial charge in [0.2, 0.25) is 0 Å². The van der Waals surface area contributed by atoms with Crippen molar-refractivity contribution in [3.8, 4) is 0 Å². The van der Waals surface area contributed by atoms with Crippen molar-refractivity contribution in [2.45, 2.75) is 33.4 Å². The Morgan fingerprint density at radius 1 is 1.06 bits per heavy atom. The molecule has 1 aliphatic heterocycles. The summed E-state index contributed by atoms with van der Waals surface area (Å²) >= 11 is 0. The normalized spacial score (nSPS) is 16.5. The predicted molar refractivity (Wildman–Crippen MR) is 121 cm³/mol. The molecule has 0 saturated carbocycles. The van der Waals surface area contributed by atoms with Crippen molar-refractivity contribution in [1.82, 2.24) is 15.1 Å². The molecule has 0 spiro atoms. The second-order valence-electron chi connectivity index (χ2n) is 7.72. The van der Waals surface area contributed by atoms with Crippen molar-refractivity contribution >= 4 is 12.0 Å². The maximum Gasteiger partial charge on any atom is 0.338 e. The summed E-state index contributed by atoms with van der Waals surface area (Å²) in [6, 6.07) is 17.2. The van der Waals surface area contributed by atoms with Crippen LogP contribution in [0.1, 0.15) is 36.6 Å². The molecule has 0 saturated heterocycles. The Hall–Kier alpha value is -3.12. The molecular weight excluding hydrogens is 390 g/mol. The quantitative estimate of drug-likeness (QED) is 0.654. The van der Waals surface area contributed by atoms with Crippen LogP contribution in [-0.2, 0) is 16.1 Å². The van der Waals surface area contributed by atoms with Crippen LogP contribution in [0, 0.1) is 6.92 Å². The highest BCUT2D eigenvalue weighted by molar-refractivity contribution is 5.95. The summed E-state index contributed by atoms with van der Waals surface area (Å²) in [5.74, 6) is -0.391. The molecule has 0 radical (unpaired) electrons. The van der Waals surface area contributed by atoms with Gasteiger partial charge < -0.3 is 10.1 Å². The molecule has 6 heteroatoms. The average molecular weight is 422 g/mol. The van der Waals surface area contributed by atoms with Crippen molar-refractivity contribution in [2.75, 3.05) is 26.7 Å². The standard InChI is InChI=1S/C25H31N3O3/c1-5-28-21(17-27(4)16-19-13-8-7-9-14-19)22(24(29)31-6-2)23(26-25(28)30)20-15-11-10-12-18(20)3/h7-15,23H,5-6,16-17H2,1-4H3,(H,26,30). The zero-order chi connectivity index (χ0) is 22.4. The van der Waals surface area contributed by atoms with Crippen LogP contribution in [0.25, 0.3) is 0 Å². The third-order valence-corrected chi connectivity index (χ3v) is 5.46. The number of amides is 2. The second kappa shape index (κ2) is 10.3. The molecular formula is C25H31N3O3.